The van der Waals surface area contributed by atoms with Gasteiger partial charge in [0.2, 0.25) is 0 Å². The molecule has 1 heterocycles. The Kier molecular flexibility index (Phi) is 4.06. The summed E-state index contributed by atoms with van der Waals surface area (Å²) in [7, 11) is -3.63. The number of sulfonamides is 1. The highest BCUT2D eigenvalue weighted by Crippen LogP contribution is 2.18. The summed E-state index contributed by atoms with van der Waals surface area (Å²) in [4.78, 5) is 4.21. The summed E-state index contributed by atoms with van der Waals surface area (Å²) in [6.45, 7) is 3.64. The highest BCUT2D eigenvalue weighted by Gasteiger charge is 2.16. The SMILES string of the molecule is Cc1cccnc1NS(=O)(=O)c1ccc(C(C)N)cc1. The lowest BCUT2D eigenvalue weighted by atomic mass is 10.1. The fourth-order valence-corrected chi connectivity index (χ4v) is 2.81. The molecule has 0 saturated carbocycles. The van der Waals surface area contributed by atoms with E-state index in [0.717, 1.165) is 11.1 Å². The second-order valence-electron chi connectivity index (χ2n) is 4.63. The molecule has 0 aliphatic carbocycles. The van der Waals surface area contributed by atoms with E-state index in [2.05, 4.69) is 9.71 Å². The topological polar surface area (TPSA) is 85.1 Å². The maximum atomic E-state index is 12.3. The van der Waals surface area contributed by atoms with Crippen molar-refractivity contribution in [1.82, 2.24) is 4.98 Å². The van der Waals surface area contributed by atoms with Gasteiger partial charge in [-0.2, -0.15) is 0 Å². The first-order chi connectivity index (χ1) is 9.40. The fourth-order valence-electron chi connectivity index (χ4n) is 1.73. The molecule has 2 aromatic rings. The predicted octanol–water partition coefficient (Wildman–Crippen LogP) is 2.21. The van der Waals surface area contributed by atoms with Gasteiger partial charge in [-0.1, -0.05) is 18.2 Å². The number of benzene rings is 1. The molecule has 0 aliphatic rings. The molecule has 0 radical (unpaired) electrons. The molecular weight excluding hydrogens is 274 g/mol. The highest BCUT2D eigenvalue weighted by atomic mass is 32.2. The minimum absolute atomic E-state index is 0.127. The van der Waals surface area contributed by atoms with Crippen molar-refractivity contribution in [2.45, 2.75) is 24.8 Å². The molecule has 2 rings (SSSR count). The molecule has 3 N–H and O–H groups in total. The number of pyridine rings is 1. The van der Waals surface area contributed by atoms with Crippen LogP contribution in [0, 0.1) is 6.92 Å². The van der Waals surface area contributed by atoms with Gasteiger partial charge in [0.05, 0.1) is 4.90 Å². The number of rotatable bonds is 4. The van der Waals surface area contributed by atoms with Gasteiger partial charge in [0, 0.05) is 12.2 Å². The van der Waals surface area contributed by atoms with Crippen LogP contribution in [0.1, 0.15) is 24.1 Å². The molecule has 0 saturated heterocycles. The third-order valence-electron chi connectivity index (χ3n) is 2.96. The molecule has 1 unspecified atom stereocenters. The minimum Gasteiger partial charge on any atom is -0.324 e. The van der Waals surface area contributed by atoms with Crippen LogP contribution in [0.5, 0.6) is 0 Å². The number of nitrogens with two attached hydrogens (primary N) is 1. The van der Waals surface area contributed by atoms with Crippen LogP contribution in [0.4, 0.5) is 5.82 Å². The Balaban J connectivity index is 2.29. The first kappa shape index (κ1) is 14.5. The van der Waals surface area contributed by atoms with Gasteiger partial charge in [-0.15, -0.1) is 0 Å². The van der Waals surface area contributed by atoms with E-state index in [1.165, 1.54) is 0 Å². The van der Waals surface area contributed by atoms with Crippen molar-refractivity contribution in [3.63, 3.8) is 0 Å². The van der Waals surface area contributed by atoms with Gasteiger partial charge in [0.15, 0.2) is 0 Å². The van der Waals surface area contributed by atoms with Crippen LogP contribution in [-0.2, 0) is 10.0 Å². The first-order valence-electron chi connectivity index (χ1n) is 6.20. The van der Waals surface area contributed by atoms with E-state index in [4.69, 9.17) is 5.73 Å². The van der Waals surface area contributed by atoms with Crippen LogP contribution >= 0.6 is 0 Å². The van der Waals surface area contributed by atoms with Crippen LogP contribution in [-0.4, -0.2) is 13.4 Å². The van der Waals surface area contributed by atoms with E-state index in [1.54, 1.807) is 49.5 Å². The third-order valence-corrected chi connectivity index (χ3v) is 4.31. The number of anilines is 1. The maximum Gasteiger partial charge on any atom is 0.263 e. The summed E-state index contributed by atoms with van der Waals surface area (Å²) < 4.78 is 27.0. The van der Waals surface area contributed by atoms with E-state index in [9.17, 15) is 8.42 Å². The molecule has 0 bridgehead atoms. The molecular formula is C14H17N3O2S. The molecule has 0 fully saturated rings. The summed E-state index contributed by atoms with van der Waals surface area (Å²) in [6, 6.07) is 9.93. The normalized spacial score (nSPS) is 12.9. The van der Waals surface area contributed by atoms with Crippen molar-refractivity contribution in [1.29, 1.82) is 0 Å². The van der Waals surface area contributed by atoms with Crippen molar-refractivity contribution in [2.24, 2.45) is 5.73 Å². The van der Waals surface area contributed by atoms with Crippen molar-refractivity contribution >= 4 is 15.8 Å². The Bertz CT molecular complexity index is 695. The second-order valence-corrected chi connectivity index (χ2v) is 6.31. The van der Waals surface area contributed by atoms with Crippen LogP contribution in [0.3, 0.4) is 0 Å². The van der Waals surface area contributed by atoms with Crippen LogP contribution < -0.4 is 10.5 Å². The zero-order valence-electron chi connectivity index (χ0n) is 11.4. The number of nitrogens with one attached hydrogen (secondary N) is 1. The summed E-state index contributed by atoms with van der Waals surface area (Å²) >= 11 is 0. The fraction of sp³-hybridized carbons (Fsp3) is 0.214. The molecule has 1 atom stereocenters. The number of hydrogen-bond acceptors (Lipinski definition) is 4. The predicted molar refractivity (Wildman–Crippen MR) is 78.8 cm³/mol. The molecule has 1 aromatic carbocycles. The Hall–Kier alpha value is -1.92. The third kappa shape index (κ3) is 3.15. The number of hydrogen-bond donors (Lipinski definition) is 2. The Morgan fingerprint density at radius 2 is 1.85 bits per heavy atom. The van der Waals surface area contributed by atoms with E-state index < -0.39 is 10.0 Å². The molecule has 6 heteroatoms. The highest BCUT2D eigenvalue weighted by molar-refractivity contribution is 7.92. The summed E-state index contributed by atoms with van der Waals surface area (Å²) in [5, 5.41) is 0. The van der Waals surface area contributed by atoms with Crippen molar-refractivity contribution < 1.29 is 8.42 Å². The van der Waals surface area contributed by atoms with Gasteiger partial charge in [-0.05, 0) is 43.2 Å². The van der Waals surface area contributed by atoms with Crippen LogP contribution in [0.2, 0.25) is 0 Å². The second kappa shape index (κ2) is 5.60. The molecule has 0 amide bonds. The monoisotopic (exact) mass is 291 g/mol. The Labute approximate surface area is 118 Å². The Morgan fingerprint density at radius 3 is 2.40 bits per heavy atom. The molecule has 1 aromatic heterocycles. The van der Waals surface area contributed by atoms with Gasteiger partial charge in [0.25, 0.3) is 10.0 Å². The van der Waals surface area contributed by atoms with E-state index in [-0.39, 0.29) is 10.9 Å². The lowest BCUT2D eigenvalue weighted by molar-refractivity contribution is 0.601. The summed E-state index contributed by atoms with van der Waals surface area (Å²) in [6.07, 6.45) is 1.55. The lowest BCUT2D eigenvalue weighted by Crippen LogP contribution is -2.15. The van der Waals surface area contributed by atoms with Gasteiger partial charge >= 0.3 is 0 Å². The molecule has 0 aliphatic heterocycles. The first-order valence-corrected chi connectivity index (χ1v) is 7.68. The van der Waals surface area contributed by atoms with Crippen molar-refractivity contribution in [3.8, 4) is 0 Å². The molecule has 20 heavy (non-hydrogen) atoms. The summed E-state index contributed by atoms with van der Waals surface area (Å²) in [5.41, 5.74) is 7.40. The number of aryl methyl sites for hydroxylation is 1. The largest absolute Gasteiger partial charge is 0.324 e. The zero-order valence-corrected chi connectivity index (χ0v) is 12.2. The molecule has 106 valence electrons. The maximum absolute atomic E-state index is 12.3. The van der Waals surface area contributed by atoms with Gasteiger partial charge in [0.1, 0.15) is 5.82 Å². The van der Waals surface area contributed by atoms with E-state index in [0.29, 0.717) is 5.82 Å². The quantitative estimate of drug-likeness (QED) is 0.904. The van der Waals surface area contributed by atoms with Crippen molar-refractivity contribution in [2.75, 3.05) is 4.72 Å². The standard InChI is InChI=1S/C14H17N3O2S/c1-10-4-3-9-16-14(10)17-20(18,19)13-7-5-12(6-8-13)11(2)15/h3-9,11H,15H2,1-2H3,(H,16,17). The van der Waals surface area contributed by atoms with Gasteiger partial charge in [-0.3, -0.25) is 4.72 Å². The molecule has 5 nitrogen and oxygen atoms in total. The molecule has 0 spiro atoms. The number of nitrogens with zero attached hydrogens (tertiary/aromatic N) is 1. The van der Waals surface area contributed by atoms with E-state index in [1.807, 2.05) is 6.92 Å². The van der Waals surface area contributed by atoms with Crippen LogP contribution in [0.25, 0.3) is 0 Å². The van der Waals surface area contributed by atoms with Crippen LogP contribution in [0.15, 0.2) is 47.5 Å². The van der Waals surface area contributed by atoms with E-state index >= 15 is 0 Å². The average molecular weight is 291 g/mol. The average Bonchev–Trinajstić information content (AvgIpc) is 2.41. The Morgan fingerprint density at radius 1 is 1.20 bits per heavy atom. The lowest BCUT2D eigenvalue weighted by Gasteiger charge is -2.10. The van der Waals surface area contributed by atoms with Gasteiger partial charge in [-0.25, -0.2) is 13.4 Å². The summed E-state index contributed by atoms with van der Waals surface area (Å²) in [5.74, 6) is 0.337. The smallest absolute Gasteiger partial charge is 0.263 e. The zero-order chi connectivity index (χ0) is 14.8. The number of aromatic nitrogens is 1. The van der Waals surface area contributed by atoms with Gasteiger partial charge < -0.3 is 5.73 Å². The van der Waals surface area contributed by atoms with Crippen molar-refractivity contribution in [3.05, 3.63) is 53.7 Å². The minimum atomic E-state index is -3.63.